The van der Waals surface area contributed by atoms with E-state index in [1.54, 1.807) is 19.0 Å². The van der Waals surface area contributed by atoms with Crippen LogP contribution in [0.2, 0.25) is 0 Å². The Kier molecular flexibility index (Phi) is 7.82. The van der Waals surface area contributed by atoms with Crippen LogP contribution in [0, 0.1) is 5.92 Å². The van der Waals surface area contributed by atoms with Crippen LogP contribution >= 0.6 is 0 Å². The van der Waals surface area contributed by atoms with E-state index in [-0.39, 0.29) is 12.5 Å². The fraction of sp³-hybridized carbons (Fsp3) is 0.889. The van der Waals surface area contributed by atoms with Gasteiger partial charge in [-0.25, -0.2) is 4.99 Å². The van der Waals surface area contributed by atoms with Gasteiger partial charge in [0.05, 0.1) is 0 Å². The quantitative estimate of drug-likeness (QED) is 0.543. The van der Waals surface area contributed by atoms with E-state index in [0.717, 1.165) is 37.8 Å². The highest BCUT2D eigenvalue weighted by Crippen LogP contribution is 2.26. The third kappa shape index (κ3) is 6.30. The van der Waals surface area contributed by atoms with Crippen molar-refractivity contribution in [2.45, 2.75) is 51.5 Å². The first kappa shape index (κ1) is 19.0. The van der Waals surface area contributed by atoms with E-state index in [2.05, 4.69) is 27.4 Å². The van der Waals surface area contributed by atoms with Gasteiger partial charge in [0.15, 0.2) is 5.96 Å². The van der Waals surface area contributed by atoms with Gasteiger partial charge in [-0.05, 0) is 31.6 Å². The van der Waals surface area contributed by atoms with Crippen molar-refractivity contribution in [1.29, 1.82) is 0 Å². The Bertz CT molecular complexity index is 418. The molecule has 6 nitrogen and oxygen atoms in total. The summed E-state index contributed by atoms with van der Waals surface area (Å²) in [5.74, 6) is 1.72. The van der Waals surface area contributed by atoms with Gasteiger partial charge in [0, 0.05) is 46.3 Å². The SMILES string of the molecule is CCCNC(=NCC(=O)N(C)C)NC1CCN(CC2CCCC2)C1. The molecule has 24 heavy (non-hydrogen) atoms. The number of guanidine groups is 1. The van der Waals surface area contributed by atoms with Gasteiger partial charge in [-0.15, -0.1) is 0 Å². The van der Waals surface area contributed by atoms with Gasteiger partial charge in [-0.2, -0.15) is 0 Å². The summed E-state index contributed by atoms with van der Waals surface area (Å²) in [6, 6.07) is 0.434. The second-order valence-corrected chi connectivity index (χ2v) is 7.42. The van der Waals surface area contributed by atoms with Crippen LogP contribution < -0.4 is 10.6 Å². The lowest BCUT2D eigenvalue weighted by molar-refractivity contribution is -0.127. The highest BCUT2D eigenvalue weighted by molar-refractivity contribution is 5.84. The second kappa shape index (κ2) is 9.87. The molecule has 0 bridgehead atoms. The highest BCUT2D eigenvalue weighted by atomic mass is 16.2. The topological polar surface area (TPSA) is 60.0 Å². The molecule has 2 aliphatic rings. The monoisotopic (exact) mass is 337 g/mol. The Labute approximate surface area is 147 Å². The Morgan fingerprint density at radius 2 is 2.00 bits per heavy atom. The summed E-state index contributed by atoms with van der Waals surface area (Å²) in [6.07, 6.45) is 7.84. The van der Waals surface area contributed by atoms with E-state index in [1.807, 2.05) is 0 Å². The summed E-state index contributed by atoms with van der Waals surface area (Å²) in [4.78, 5) is 20.4. The zero-order chi connectivity index (χ0) is 17.4. The average molecular weight is 338 g/mol. The van der Waals surface area contributed by atoms with E-state index in [0.29, 0.717) is 6.04 Å². The normalized spacial score (nSPS) is 22.8. The van der Waals surface area contributed by atoms with Gasteiger partial charge in [0.1, 0.15) is 6.54 Å². The van der Waals surface area contributed by atoms with Crippen LogP contribution in [0.25, 0.3) is 0 Å². The lowest BCUT2D eigenvalue weighted by Gasteiger charge is -2.21. The van der Waals surface area contributed by atoms with Crippen LogP contribution in [-0.4, -0.2) is 74.5 Å². The van der Waals surface area contributed by atoms with Gasteiger partial charge in [-0.1, -0.05) is 19.8 Å². The summed E-state index contributed by atoms with van der Waals surface area (Å²) in [7, 11) is 3.53. The molecule has 1 heterocycles. The molecule has 2 rings (SSSR count). The molecule has 0 aromatic rings. The van der Waals surface area contributed by atoms with Crippen molar-refractivity contribution in [3.05, 3.63) is 0 Å². The van der Waals surface area contributed by atoms with Crippen molar-refractivity contribution >= 4 is 11.9 Å². The average Bonchev–Trinajstić information content (AvgIpc) is 3.22. The van der Waals surface area contributed by atoms with E-state index in [1.165, 1.54) is 38.8 Å². The number of likely N-dealkylation sites (N-methyl/N-ethyl adjacent to an activating group) is 1. The third-order valence-corrected chi connectivity index (χ3v) is 5.02. The van der Waals surface area contributed by atoms with E-state index in [9.17, 15) is 4.79 Å². The van der Waals surface area contributed by atoms with Gasteiger partial charge < -0.3 is 20.4 Å². The minimum absolute atomic E-state index is 0.0295. The van der Waals surface area contributed by atoms with Gasteiger partial charge in [0.25, 0.3) is 0 Å². The second-order valence-electron chi connectivity index (χ2n) is 7.42. The number of rotatable bonds is 7. The maximum atomic E-state index is 11.8. The summed E-state index contributed by atoms with van der Waals surface area (Å²) in [6.45, 7) is 6.72. The first-order valence-electron chi connectivity index (χ1n) is 9.55. The van der Waals surface area contributed by atoms with Crippen LogP contribution in [0.15, 0.2) is 4.99 Å². The van der Waals surface area contributed by atoms with Crippen LogP contribution in [0.3, 0.4) is 0 Å². The number of aliphatic imine (C=N–C) groups is 1. The number of hydrogen-bond donors (Lipinski definition) is 2. The number of nitrogens with zero attached hydrogens (tertiary/aromatic N) is 3. The van der Waals surface area contributed by atoms with Crippen molar-refractivity contribution in [1.82, 2.24) is 20.4 Å². The highest BCUT2D eigenvalue weighted by Gasteiger charge is 2.26. The van der Waals surface area contributed by atoms with Crippen molar-refractivity contribution in [3.8, 4) is 0 Å². The first-order chi connectivity index (χ1) is 11.6. The molecule has 0 aromatic heterocycles. The van der Waals surface area contributed by atoms with Crippen molar-refractivity contribution in [2.75, 3.05) is 46.8 Å². The molecule has 1 saturated carbocycles. The first-order valence-corrected chi connectivity index (χ1v) is 9.55. The van der Waals surface area contributed by atoms with E-state index in [4.69, 9.17) is 0 Å². The smallest absolute Gasteiger partial charge is 0.243 e. The number of amides is 1. The number of nitrogens with one attached hydrogen (secondary N) is 2. The molecule has 1 saturated heterocycles. The molecule has 1 atom stereocenters. The van der Waals surface area contributed by atoms with Crippen LogP contribution in [-0.2, 0) is 4.79 Å². The van der Waals surface area contributed by atoms with Gasteiger partial charge in [0.2, 0.25) is 5.91 Å². The molecule has 0 aromatic carbocycles. The molecular weight excluding hydrogens is 302 g/mol. The largest absolute Gasteiger partial charge is 0.356 e. The molecular formula is C18H35N5O. The zero-order valence-corrected chi connectivity index (χ0v) is 15.7. The van der Waals surface area contributed by atoms with Crippen LogP contribution in [0.5, 0.6) is 0 Å². The predicted molar refractivity (Wildman–Crippen MR) is 99.2 cm³/mol. The minimum Gasteiger partial charge on any atom is -0.356 e. The molecule has 6 heteroatoms. The van der Waals surface area contributed by atoms with Crippen LogP contribution in [0.1, 0.15) is 45.4 Å². The van der Waals surface area contributed by atoms with E-state index < -0.39 is 0 Å². The molecule has 2 fully saturated rings. The Hall–Kier alpha value is -1.30. The molecule has 2 N–H and O–H groups in total. The molecule has 1 unspecified atom stereocenters. The number of carbonyl (C=O) groups excluding carboxylic acids is 1. The Morgan fingerprint density at radius 3 is 2.67 bits per heavy atom. The number of carbonyl (C=O) groups is 1. The van der Waals surface area contributed by atoms with Gasteiger partial charge in [-0.3, -0.25) is 4.79 Å². The van der Waals surface area contributed by atoms with Crippen molar-refractivity contribution in [2.24, 2.45) is 10.9 Å². The molecule has 1 amide bonds. The summed E-state index contributed by atoms with van der Waals surface area (Å²) < 4.78 is 0. The van der Waals surface area contributed by atoms with Crippen molar-refractivity contribution in [3.63, 3.8) is 0 Å². The Morgan fingerprint density at radius 1 is 1.25 bits per heavy atom. The maximum Gasteiger partial charge on any atom is 0.243 e. The van der Waals surface area contributed by atoms with Gasteiger partial charge >= 0.3 is 0 Å². The van der Waals surface area contributed by atoms with Crippen molar-refractivity contribution < 1.29 is 4.79 Å². The number of hydrogen-bond acceptors (Lipinski definition) is 3. The predicted octanol–water partition coefficient (Wildman–Crippen LogP) is 1.28. The molecule has 1 aliphatic heterocycles. The molecule has 0 radical (unpaired) electrons. The molecule has 138 valence electrons. The fourth-order valence-corrected chi connectivity index (χ4v) is 3.55. The summed E-state index contributed by atoms with van der Waals surface area (Å²) in [5, 5.41) is 6.85. The summed E-state index contributed by atoms with van der Waals surface area (Å²) in [5.41, 5.74) is 0. The lowest BCUT2D eigenvalue weighted by atomic mass is 10.1. The minimum atomic E-state index is 0.0295. The third-order valence-electron chi connectivity index (χ3n) is 5.02. The molecule has 1 aliphatic carbocycles. The zero-order valence-electron chi connectivity index (χ0n) is 15.7. The fourth-order valence-electron chi connectivity index (χ4n) is 3.55. The molecule has 0 spiro atoms. The van der Waals surface area contributed by atoms with Crippen LogP contribution in [0.4, 0.5) is 0 Å². The standard InChI is InChI=1S/C18H35N5O/c1-4-10-19-18(20-12-17(24)22(2)3)21-16-9-11-23(14-16)13-15-7-5-6-8-15/h15-16H,4-14H2,1-3H3,(H2,19,20,21). The lowest BCUT2D eigenvalue weighted by Crippen LogP contribution is -2.45. The maximum absolute atomic E-state index is 11.8. The van der Waals surface area contributed by atoms with E-state index >= 15 is 0 Å². The Balaban J connectivity index is 1.80. The summed E-state index contributed by atoms with van der Waals surface area (Å²) >= 11 is 0. The number of likely N-dealkylation sites (tertiary alicyclic amines) is 1.